The molecule has 4 nitrogen and oxygen atoms in total. The predicted molar refractivity (Wildman–Crippen MR) is 75.8 cm³/mol. The van der Waals surface area contributed by atoms with Crippen molar-refractivity contribution in [3.8, 4) is 5.75 Å². The largest absolute Gasteiger partial charge is 0.495 e. The number of carboxylic acid groups (broad SMARTS) is 1. The molecule has 0 spiro atoms. The van der Waals surface area contributed by atoms with Crippen molar-refractivity contribution in [1.29, 1.82) is 0 Å². The smallest absolute Gasteiger partial charge is 0.304 e. The van der Waals surface area contributed by atoms with Gasteiger partial charge in [0.05, 0.1) is 18.6 Å². The SMILES string of the molecule is CCN(Cc1ccc(OC)c(Cl)c1)C(C)CC(=O)O. The summed E-state index contributed by atoms with van der Waals surface area (Å²) < 4.78 is 5.11. The fourth-order valence-corrected chi connectivity index (χ4v) is 2.28. The topological polar surface area (TPSA) is 49.8 Å². The average Bonchev–Trinajstić information content (AvgIpc) is 2.35. The fraction of sp³-hybridized carbons (Fsp3) is 0.500. The van der Waals surface area contributed by atoms with Crippen molar-refractivity contribution in [2.75, 3.05) is 13.7 Å². The maximum absolute atomic E-state index is 10.8. The molecule has 0 bridgehead atoms. The molecule has 0 heterocycles. The molecular weight excluding hydrogens is 266 g/mol. The molecular formula is C14H20ClNO3. The van der Waals surface area contributed by atoms with Crippen LogP contribution >= 0.6 is 11.6 Å². The Hall–Kier alpha value is -1.26. The van der Waals surface area contributed by atoms with Crippen molar-refractivity contribution >= 4 is 17.6 Å². The van der Waals surface area contributed by atoms with Crippen molar-refractivity contribution in [2.45, 2.75) is 32.9 Å². The number of nitrogens with zero attached hydrogens (tertiary/aromatic N) is 1. The minimum atomic E-state index is -0.779. The van der Waals surface area contributed by atoms with E-state index in [-0.39, 0.29) is 12.5 Å². The molecule has 0 aromatic heterocycles. The van der Waals surface area contributed by atoms with E-state index in [0.29, 0.717) is 17.3 Å². The molecule has 1 rings (SSSR count). The third-order valence-electron chi connectivity index (χ3n) is 3.10. The van der Waals surface area contributed by atoms with E-state index in [1.807, 2.05) is 32.0 Å². The Kier molecular flexibility index (Phi) is 6.12. The van der Waals surface area contributed by atoms with Gasteiger partial charge in [0.2, 0.25) is 0 Å². The summed E-state index contributed by atoms with van der Waals surface area (Å²) in [6.07, 6.45) is 0.137. The highest BCUT2D eigenvalue weighted by Crippen LogP contribution is 2.25. The number of carboxylic acids is 1. The minimum Gasteiger partial charge on any atom is -0.495 e. The zero-order chi connectivity index (χ0) is 14.4. The number of ether oxygens (including phenoxy) is 1. The van der Waals surface area contributed by atoms with Gasteiger partial charge in [0.25, 0.3) is 0 Å². The molecule has 1 aromatic rings. The third-order valence-corrected chi connectivity index (χ3v) is 3.40. The molecule has 1 atom stereocenters. The highest BCUT2D eigenvalue weighted by molar-refractivity contribution is 6.32. The lowest BCUT2D eigenvalue weighted by atomic mass is 10.1. The van der Waals surface area contributed by atoms with Crippen LogP contribution in [0.1, 0.15) is 25.8 Å². The van der Waals surface area contributed by atoms with Gasteiger partial charge in [-0.1, -0.05) is 24.6 Å². The summed E-state index contributed by atoms with van der Waals surface area (Å²) in [5.41, 5.74) is 1.05. The fourth-order valence-electron chi connectivity index (χ4n) is 2.00. The van der Waals surface area contributed by atoms with E-state index in [0.717, 1.165) is 12.1 Å². The van der Waals surface area contributed by atoms with E-state index in [9.17, 15) is 4.79 Å². The van der Waals surface area contributed by atoms with Crippen LogP contribution < -0.4 is 4.74 Å². The third kappa shape index (κ3) is 4.73. The first-order chi connectivity index (χ1) is 8.97. The van der Waals surface area contributed by atoms with E-state index in [4.69, 9.17) is 21.4 Å². The lowest BCUT2D eigenvalue weighted by molar-refractivity contribution is -0.138. The Balaban J connectivity index is 2.75. The summed E-state index contributed by atoms with van der Waals surface area (Å²) in [4.78, 5) is 12.9. The Bertz CT molecular complexity index is 437. The first-order valence-electron chi connectivity index (χ1n) is 6.26. The van der Waals surface area contributed by atoms with E-state index in [1.165, 1.54) is 0 Å². The van der Waals surface area contributed by atoms with Crippen LogP contribution in [0.15, 0.2) is 18.2 Å². The zero-order valence-corrected chi connectivity index (χ0v) is 12.3. The molecule has 0 radical (unpaired) electrons. The van der Waals surface area contributed by atoms with Gasteiger partial charge in [-0.2, -0.15) is 0 Å². The van der Waals surface area contributed by atoms with Crippen LogP contribution in [0, 0.1) is 0 Å². The van der Waals surface area contributed by atoms with E-state index in [2.05, 4.69) is 4.90 Å². The van der Waals surface area contributed by atoms with Gasteiger partial charge in [-0.05, 0) is 31.2 Å². The number of hydrogen-bond acceptors (Lipinski definition) is 3. The first-order valence-corrected chi connectivity index (χ1v) is 6.64. The van der Waals surface area contributed by atoms with E-state index in [1.54, 1.807) is 7.11 Å². The van der Waals surface area contributed by atoms with Gasteiger partial charge >= 0.3 is 5.97 Å². The standard InChI is InChI=1S/C14H20ClNO3/c1-4-16(10(2)7-14(17)18)9-11-5-6-13(19-3)12(15)8-11/h5-6,8,10H,4,7,9H2,1-3H3,(H,17,18). The van der Waals surface area contributed by atoms with Crippen LogP contribution in [0.2, 0.25) is 5.02 Å². The number of benzene rings is 1. The van der Waals surface area contributed by atoms with Crippen LogP contribution in [-0.4, -0.2) is 35.7 Å². The second kappa shape index (κ2) is 7.36. The lowest BCUT2D eigenvalue weighted by Gasteiger charge is -2.26. The summed E-state index contributed by atoms with van der Waals surface area (Å²) in [6.45, 7) is 5.40. The molecule has 0 aliphatic carbocycles. The van der Waals surface area contributed by atoms with Crippen molar-refractivity contribution in [1.82, 2.24) is 4.90 Å². The van der Waals surface area contributed by atoms with Gasteiger partial charge in [0.1, 0.15) is 5.75 Å². The van der Waals surface area contributed by atoms with Gasteiger partial charge in [-0.3, -0.25) is 9.69 Å². The zero-order valence-electron chi connectivity index (χ0n) is 11.5. The van der Waals surface area contributed by atoms with Crippen LogP contribution in [-0.2, 0) is 11.3 Å². The number of halogens is 1. The van der Waals surface area contributed by atoms with Crippen LogP contribution in [0.3, 0.4) is 0 Å². The molecule has 19 heavy (non-hydrogen) atoms. The quantitative estimate of drug-likeness (QED) is 0.836. The molecule has 106 valence electrons. The summed E-state index contributed by atoms with van der Waals surface area (Å²) in [5.74, 6) is -0.134. The van der Waals surface area contributed by atoms with Crippen molar-refractivity contribution in [2.24, 2.45) is 0 Å². The molecule has 0 fully saturated rings. The van der Waals surface area contributed by atoms with E-state index < -0.39 is 5.97 Å². The Morgan fingerprint density at radius 3 is 2.68 bits per heavy atom. The van der Waals surface area contributed by atoms with Gasteiger partial charge in [-0.15, -0.1) is 0 Å². The molecule has 1 N–H and O–H groups in total. The molecule has 1 unspecified atom stereocenters. The lowest BCUT2D eigenvalue weighted by Crippen LogP contribution is -2.34. The van der Waals surface area contributed by atoms with Gasteiger partial charge in [-0.25, -0.2) is 0 Å². The maximum atomic E-state index is 10.8. The van der Waals surface area contributed by atoms with Crippen molar-refractivity contribution in [3.05, 3.63) is 28.8 Å². The Labute approximate surface area is 118 Å². The summed E-state index contributed by atoms with van der Waals surface area (Å²) in [6, 6.07) is 5.62. The van der Waals surface area contributed by atoms with Crippen LogP contribution in [0.25, 0.3) is 0 Å². The van der Waals surface area contributed by atoms with Crippen molar-refractivity contribution < 1.29 is 14.6 Å². The van der Waals surface area contributed by atoms with E-state index >= 15 is 0 Å². The molecule has 0 amide bonds. The molecule has 0 aliphatic heterocycles. The van der Waals surface area contributed by atoms with Gasteiger partial charge in [0, 0.05) is 12.6 Å². The molecule has 0 saturated heterocycles. The second-order valence-corrected chi connectivity index (χ2v) is 4.89. The monoisotopic (exact) mass is 285 g/mol. The molecule has 0 aliphatic rings. The Morgan fingerprint density at radius 2 is 2.21 bits per heavy atom. The summed E-state index contributed by atoms with van der Waals surface area (Å²) in [5, 5.41) is 9.41. The van der Waals surface area contributed by atoms with Gasteiger partial charge < -0.3 is 9.84 Å². The maximum Gasteiger partial charge on any atom is 0.304 e. The minimum absolute atomic E-state index is 0.0108. The number of aliphatic carboxylic acids is 1. The van der Waals surface area contributed by atoms with Crippen molar-refractivity contribution in [3.63, 3.8) is 0 Å². The highest BCUT2D eigenvalue weighted by atomic mass is 35.5. The normalized spacial score (nSPS) is 12.5. The number of rotatable bonds is 7. The number of methoxy groups -OCH3 is 1. The highest BCUT2D eigenvalue weighted by Gasteiger charge is 2.16. The Morgan fingerprint density at radius 1 is 1.53 bits per heavy atom. The first kappa shape index (κ1) is 15.8. The van der Waals surface area contributed by atoms with Crippen LogP contribution in [0.4, 0.5) is 0 Å². The van der Waals surface area contributed by atoms with Crippen LogP contribution in [0.5, 0.6) is 5.75 Å². The molecule has 5 heteroatoms. The number of carbonyl (C=O) groups is 1. The molecule has 0 saturated carbocycles. The summed E-state index contributed by atoms with van der Waals surface area (Å²) in [7, 11) is 1.58. The van der Waals surface area contributed by atoms with Gasteiger partial charge in [0.15, 0.2) is 0 Å². The average molecular weight is 286 g/mol. The molecule has 1 aromatic carbocycles. The second-order valence-electron chi connectivity index (χ2n) is 4.48. The number of hydrogen-bond donors (Lipinski definition) is 1. The summed E-state index contributed by atoms with van der Waals surface area (Å²) >= 11 is 6.08. The predicted octanol–water partition coefficient (Wildman–Crippen LogP) is 3.03.